The van der Waals surface area contributed by atoms with Crippen molar-refractivity contribution in [1.82, 2.24) is 5.32 Å². The molecule has 0 aliphatic heterocycles. The molecule has 2 aromatic rings. The van der Waals surface area contributed by atoms with Crippen LogP contribution >= 0.6 is 0 Å². The fourth-order valence-corrected chi connectivity index (χ4v) is 1.96. The lowest BCUT2D eigenvalue weighted by Gasteiger charge is -2.07. The molecule has 0 saturated carbocycles. The molecule has 0 heterocycles. The van der Waals surface area contributed by atoms with Crippen LogP contribution in [0.2, 0.25) is 0 Å². The summed E-state index contributed by atoms with van der Waals surface area (Å²) < 4.78 is 0. The van der Waals surface area contributed by atoms with Crippen LogP contribution in [-0.4, -0.2) is 16.7 Å². The molecule has 122 valence electrons. The number of nitrogens with two attached hydrogens (primary N) is 1. The number of hydrogen-bond donors (Lipinski definition) is 2. The summed E-state index contributed by atoms with van der Waals surface area (Å²) in [6.07, 6.45) is 1.29. The zero-order valence-electron chi connectivity index (χ0n) is 12.9. The van der Waals surface area contributed by atoms with Crippen molar-refractivity contribution < 1.29 is 14.5 Å². The van der Waals surface area contributed by atoms with Crippen molar-refractivity contribution in [1.29, 1.82) is 0 Å². The molecule has 0 radical (unpaired) electrons. The highest BCUT2D eigenvalue weighted by atomic mass is 16.6. The van der Waals surface area contributed by atoms with Gasteiger partial charge in [-0.2, -0.15) is 0 Å². The molecule has 0 aromatic heterocycles. The smallest absolute Gasteiger partial charge is 0.270 e. The number of nitrogens with one attached hydrogen (secondary N) is 1. The van der Waals surface area contributed by atoms with Crippen molar-refractivity contribution in [3.63, 3.8) is 0 Å². The van der Waals surface area contributed by atoms with Crippen molar-refractivity contribution in [2.75, 3.05) is 0 Å². The quantitative estimate of drug-likeness (QED) is 0.498. The van der Waals surface area contributed by atoms with E-state index < -0.39 is 16.7 Å². The molecule has 2 amide bonds. The zero-order chi connectivity index (χ0) is 17.7. The van der Waals surface area contributed by atoms with Crippen LogP contribution in [-0.2, 0) is 4.79 Å². The maximum absolute atomic E-state index is 12.2. The lowest BCUT2D eigenvalue weighted by molar-refractivity contribution is -0.384. The Morgan fingerprint density at radius 2 is 1.83 bits per heavy atom. The monoisotopic (exact) mass is 325 g/mol. The predicted octanol–water partition coefficient (Wildman–Crippen LogP) is 2.16. The minimum absolute atomic E-state index is 0.127. The second-order valence-electron chi connectivity index (χ2n) is 5.09. The van der Waals surface area contributed by atoms with E-state index in [0.29, 0.717) is 11.1 Å². The summed E-state index contributed by atoms with van der Waals surface area (Å²) in [4.78, 5) is 34.0. The molecule has 3 N–H and O–H groups in total. The maximum Gasteiger partial charge on any atom is 0.270 e. The minimum atomic E-state index is -0.845. The number of carbonyl (C=O) groups excluding carboxylic acids is 2. The lowest BCUT2D eigenvalue weighted by Crippen LogP contribution is -2.31. The molecule has 0 saturated heterocycles. The third-order valence-electron chi connectivity index (χ3n) is 3.22. The number of benzene rings is 2. The highest BCUT2D eigenvalue weighted by Crippen LogP contribution is 2.15. The maximum atomic E-state index is 12.2. The fraction of sp³-hybridized carbons (Fsp3) is 0.0588. The van der Waals surface area contributed by atoms with Crippen LogP contribution in [0.4, 0.5) is 5.69 Å². The number of nitrogens with zero attached hydrogens (tertiary/aromatic N) is 1. The topological polar surface area (TPSA) is 115 Å². The van der Waals surface area contributed by atoms with Gasteiger partial charge >= 0.3 is 0 Å². The van der Waals surface area contributed by atoms with E-state index in [2.05, 4.69) is 5.32 Å². The Kier molecular flexibility index (Phi) is 5.06. The van der Waals surface area contributed by atoms with E-state index in [1.54, 1.807) is 30.3 Å². The van der Waals surface area contributed by atoms with Gasteiger partial charge in [-0.3, -0.25) is 19.7 Å². The van der Waals surface area contributed by atoms with E-state index in [-0.39, 0.29) is 11.4 Å². The molecule has 0 spiro atoms. The van der Waals surface area contributed by atoms with Gasteiger partial charge in [-0.15, -0.1) is 0 Å². The Balaban J connectivity index is 2.27. The Bertz CT molecular complexity index is 826. The van der Waals surface area contributed by atoms with E-state index in [9.17, 15) is 19.7 Å². The van der Waals surface area contributed by atoms with Crippen LogP contribution in [0.15, 0.2) is 54.2 Å². The molecule has 2 rings (SSSR count). The van der Waals surface area contributed by atoms with Gasteiger partial charge in [0.25, 0.3) is 17.5 Å². The molecule has 7 heteroatoms. The molecule has 0 aliphatic carbocycles. The molecule has 7 nitrogen and oxygen atoms in total. The predicted molar refractivity (Wildman–Crippen MR) is 88.9 cm³/mol. The summed E-state index contributed by atoms with van der Waals surface area (Å²) in [6.45, 7) is 1.89. The van der Waals surface area contributed by atoms with E-state index >= 15 is 0 Å². The van der Waals surface area contributed by atoms with E-state index in [0.717, 1.165) is 5.56 Å². The van der Waals surface area contributed by atoms with Gasteiger partial charge in [0.05, 0.1) is 4.92 Å². The van der Waals surface area contributed by atoms with Crippen LogP contribution in [0.5, 0.6) is 0 Å². The fourth-order valence-electron chi connectivity index (χ4n) is 1.96. The number of rotatable bonds is 5. The highest BCUT2D eigenvalue weighted by Gasteiger charge is 2.13. The van der Waals surface area contributed by atoms with Gasteiger partial charge in [0, 0.05) is 17.7 Å². The van der Waals surface area contributed by atoms with Gasteiger partial charge in [-0.25, -0.2) is 0 Å². The molecule has 0 atom stereocenters. The molecule has 24 heavy (non-hydrogen) atoms. The van der Waals surface area contributed by atoms with Crippen LogP contribution in [0.25, 0.3) is 6.08 Å². The molecule has 0 unspecified atom stereocenters. The summed E-state index contributed by atoms with van der Waals surface area (Å²) in [7, 11) is 0. The van der Waals surface area contributed by atoms with E-state index in [1.165, 1.54) is 24.3 Å². The molecule has 0 bridgehead atoms. The number of hydrogen-bond acceptors (Lipinski definition) is 4. The Morgan fingerprint density at radius 3 is 2.42 bits per heavy atom. The Hall–Kier alpha value is -3.48. The van der Waals surface area contributed by atoms with Gasteiger partial charge in [0.15, 0.2) is 0 Å². The Labute approximate surface area is 137 Å². The third kappa shape index (κ3) is 4.26. The molecule has 0 aliphatic rings. The van der Waals surface area contributed by atoms with Crippen molar-refractivity contribution in [2.24, 2.45) is 5.73 Å². The first-order chi connectivity index (χ1) is 11.4. The van der Waals surface area contributed by atoms with Gasteiger partial charge in [-0.05, 0) is 30.7 Å². The van der Waals surface area contributed by atoms with Crippen molar-refractivity contribution in [3.05, 3.63) is 81.0 Å². The minimum Gasteiger partial charge on any atom is -0.364 e. The normalized spacial score (nSPS) is 11.0. The number of amides is 2. The van der Waals surface area contributed by atoms with Crippen LogP contribution in [0, 0.1) is 17.0 Å². The highest BCUT2D eigenvalue weighted by molar-refractivity contribution is 6.04. The average Bonchev–Trinajstić information content (AvgIpc) is 2.55. The average molecular weight is 325 g/mol. The van der Waals surface area contributed by atoms with Gasteiger partial charge in [0.1, 0.15) is 5.70 Å². The molecule has 2 aromatic carbocycles. The number of primary amides is 1. The van der Waals surface area contributed by atoms with Crippen molar-refractivity contribution in [2.45, 2.75) is 6.92 Å². The molecular formula is C17H15N3O4. The standard InChI is InChI=1S/C17H15N3O4/c1-11-5-7-13(8-6-11)17(22)19-15(16(18)21)10-12-3-2-4-14(9-12)20(23)24/h2-10H,1H3,(H2,18,21)(H,19,22)/b15-10-. The summed E-state index contributed by atoms with van der Waals surface area (Å²) in [5.74, 6) is -1.34. The first-order valence-corrected chi connectivity index (χ1v) is 7.01. The molecule has 0 fully saturated rings. The van der Waals surface area contributed by atoms with E-state index in [4.69, 9.17) is 5.73 Å². The van der Waals surface area contributed by atoms with Gasteiger partial charge in [-0.1, -0.05) is 29.8 Å². The Morgan fingerprint density at radius 1 is 1.17 bits per heavy atom. The number of non-ortho nitro benzene ring substituents is 1. The third-order valence-corrected chi connectivity index (χ3v) is 3.22. The second-order valence-corrected chi connectivity index (χ2v) is 5.09. The number of nitro benzene ring substituents is 1. The van der Waals surface area contributed by atoms with Gasteiger partial charge in [0.2, 0.25) is 0 Å². The van der Waals surface area contributed by atoms with Crippen LogP contribution < -0.4 is 11.1 Å². The van der Waals surface area contributed by atoms with Crippen molar-refractivity contribution >= 4 is 23.6 Å². The summed E-state index contributed by atoms with van der Waals surface area (Å²) in [6, 6.07) is 12.4. The van der Waals surface area contributed by atoms with Crippen LogP contribution in [0.3, 0.4) is 0 Å². The van der Waals surface area contributed by atoms with Crippen LogP contribution in [0.1, 0.15) is 21.5 Å². The first-order valence-electron chi connectivity index (χ1n) is 7.01. The summed E-state index contributed by atoms with van der Waals surface area (Å²) >= 11 is 0. The SMILES string of the molecule is Cc1ccc(C(=O)N/C(=C\c2cccc([N+](=O)[O-])c2)C(N)=O)cc1. The molecular weight excluding hydrogens is 310 g/mol. The largest absolute Gasteiger partial charge is 0.364 e. The second kappa shape index (κ2) is 7.19. The summed E-state index contributed by atoms with van der Waals surface area (Å²) in [5.41, 5.74) is 6.74. The number of aryl methyl sites for hydroxylation is 1. The number of carbonyl (C=O) groups is 2. The lowest BCUT2D eigenvalue weighted by atomic mass is 10.1. The summed E-state index contributed by atoms with van der Waals surface area (Å²) in [5, 5.41) is 13.2. The van der Waals surface area contributed by atoms with Gasteiger partial charge < -0.3 is 11.1 Å². The zero-order valence-corrected chi connectivity index (χ0v) is 12.9. The number of nitro groups is 1. The van der Waals surface area contributed by atoms with E-state index in [1.807, 2.05) is 6.92 Å². The first kappa shape index (κ1) is 16.9. The van der Waals surface area contributed by atoms with Crippen molar-refractivity contribution in [3.8, 4) is 0 Å².